The molecule has 38 heavy (non-hydrogen) atoms. The molecule has 3 aromatic carbocycles. The second kappa shape index (κ2) is 8.43. The summed E-state index contributed by atoms with van der Waals surface area (Å²) in [4.78, 5) is 49.9. The van der Waals surface area contributed by atoms with Crippen molar-refractivity contribution in [1.29, 1.82) is 0 Å². The van der Waals surface area contributed by atoms with E-state index in [-0.39, 0.29) is 17.3 Å². The summed E-state index contributed by atoms with van der Waals surface area (Å²) in [5.41, 5.74) is 2.27. The summed E-state index contributed by atoms with van der Waals surface area (Å²) in [7, 11) is 0. The number of fused-ring (bicyclic) bond motifs is 5. The van der Waals surface area contributed by atoms with Gasteiger partial charge in [0, 0.05) is 45.2 Å². The number of rotatable bonds is 3. The molecule has 0 unspecified atom stereocenters. The average molecular weight is 561 g/mol. The van der Waals surface area contributed by atoms with Crippen LogP contribution in [0.15, 0.2) is 108 Å². The van der Waals surface area contributed by atoms with E-state index in [4.69, 9.17) is 0 Å². The molecule has 3 heterocycles. The minimum Gasteiger partial charge on any atom is -0.352 e. The Bertz CT molecular complexity index is 1630. The number of carbonyl (C=O) groups is 3. The molecule has 4 aromatic rings. The van der Waals surface area contributed by atoms with Crippen molar-refractivity contribution in [3.63, 3.8) is 0 Å². The van der Waals surface area contributed by atoms with Crippen molar-refractivity contribution in [2.24, 2.45) is 5.41 Å². The Kier molecular flexibility index (Phi) is 5.10. The van der Waals surface area contributed by atoms with E-state index >= 15 is 0 Å². The zero-order chi connectivity index (χ0) is 26.0. The molecule has 3 atom stereocenters. The number of carbonyl (C=O) groups excluding carboxylic acids is 3. The molecule has 1 spiro atoms. The maximum Gasteiger partial charge on any atom is 0.185 e. The lowest BCUT2D eigenvalue weighted by atomic mass is 9.64. The number of benzene rings is 3. The zero-order valence-electron chi connectivity index (χ0n) is 20.1. The van der Waals surface area contributed by atoms with Gasteiger partial charge in [-0.2, -0.15) is 0 Å². The standard InChI is InChI=1S/C32H21BrN2O3/c33-22-13-14-25-20(17-22)12-15-26-32(30(37)23-10-4-5-11-24(23)31(32)38)27(21-9-6-16-34-18-21)28(35(25)26)29(36)19-7-2-1-3-8-19/h1-18,26-28H/t26-,27-,28+/m0/s1. The summed E-state index contributed by atoms with van der Waals surface area (Å²) < 4.78 is 0.906. The molecule has 1 saturated heterocycles. The normalized spacial score (nSPS) is 22.3. The molecule has 1 aliphatic carbocycles. The Morgan fingerprint density at radius 2 is 1.58 bits per heavy atom. The van der Waals surface area contributed by atoms with Gasteiger partial charge in [0.15, 0.2) is 17.3 Å². The van der Waals surface area contributed by atoms with Crippen molar-refractivity contribution in [2.75, 3.05) is 4.90 Å². The minimum absolute atomic E-state index is 0.137. The highest BCUT2D eigenvalue weighted by molar-refractivity contribution is 9.10. The molecule has 7 rings (SSSR count). The van der Waals surface area contributed by atoms with Crippen molar-refractivity contribution < 1.29 is 14.4 Å². The molecule has 0 saturated carbocycles. The second-order valence-electron chi connectivity index (χ2n) is 9.93. The molecule has 6 heteroatoms. The number of halogens is 1. The van der Waals surface area contributed by atoms with Crippen LogP contribution >= 0.6 is 15.9 Å². The first-order valence-electron chi connectivity index (χ1n) is 12.5. The first-order chi connectivity index (χ1) is 18.5. The Balaban J connectivity index is 1.55. The third-order valence-electron chi connectivity index (χ3n) is 8.14. The largest absolute Gasteiger partial charge is 0.352 e. The van der Waals surface area contributed by atoms with Crippen LogP contribution in [0.25, 0.3) is 6.08 Å². The fourth-order valence-corrected chi connectivity index (χ4v) is 7.03. The van der Waals surface area contributed by atoms with Crippen LogP contribution in [-0.2, 0) is 0 Å². The summed E-state index contributed by atoms with van der Waals surface area (Å²) in [6.45, 7) is 0. The van der Waals surface area contributed by atoms with Crippen molar-refractivity contribution in [1.82, 2.24) is 4.98 Å². The molecule has 3 aliphatic rings. The highest BCUT2D eigenvalue weighted by Gasteiger charge is 2.71. The number of aromatic nitrogens is 1. The second-order valence-corrected chi connectivity index (χ2v) is 10.8. The molecule has 0 radical (unpaired) electrons. The summed E-state index contributed by atoms with van der Waals surface area (Å²) in [5.74, 6) is -1.37. The molecular formula is C32H21BrN2O3. The van der Waals surface area contributed by atoms with E-state index in [0.29, 0.717) is 22.3 Å². The highest BCUT2D eigenvalue weighted by Crippen LogP contribution is 2.60. The van der Waals surface area contributed by atoms with Gasteiger partial charge in [-0.3, -0.25) is 19.4 Å². The van der Waals surface area contributed by atoms with Gasteiger partial charge in [0.1, 0.15) is 11.5 Å². The lowest BCUT2D eigenvalue weighted by Crippen LogP contribution is -2.48. The first-order valence-corrected chi connectivity index (χ1v) is 13.3. The van der Waals surface area contributed by atoms with Gasteiger partial charge in [0.05, 0.1) is 6.04 Å². The summed E-state index contributed by atoms with van der Waals surface area (Å²) >= 11 is 3.55. The van der Waals surface area contributed by atoms with Crippen molar-refractivity contribution in [2.45, 2.75) is 18.0 Å². The summed E-state index contributed by atoms with van der Waals surface area (Å²) in [6, 6.07) is 24.2. The predicted molar refractivity (Wildman–Crippen MR) is 149 cm³/mol. The van der Waals surface area contributed by atoms with Crippen molar-refractivity contribution in [3.05, 3.63) is 136 Å². The van der Waals surface area contributed by atoms with Gasteiger partial charge in [-0.25, -0.2) is 0 Å². The maximum absolute atomic E-state index is 14.5. The van der Waals surface area contributed by atoms with Gasteiger partial charge in [0.2, 0.25) is 0 Å². The van der Waals surface area contributed by atoms with E-state index < -0.39 is 23.4 Å². The van der Waals surface area contributed by atoms with E-state index in [1.807, 2.05) is 59.5 Å². The number of pyridine rings is 1. The quantitative estimate of drug-likeness (QED) is 0.222. The molecule has 1 aromatic heterocycles. The Labute approximate surface area is 228 Å². The van der Waals surface area contributed by atoms with Gasteiger partial charge >= 0.3 is 0 Å². The fraction of sp³-hybridized carbons (Fsp3) is 0.125. The van der Waals surface area contributed by atoms with E-state index in [1.165, 1.54) is 0 Å². The number of ketones is 3. The lowest BCUT2D eigenvalue weighted by Gasteiger charge is -2.37. The molecule has 5 nitrogen and oxygen atoms in total. The van der Waals surface area contributed by atoms with Gasteiger partial charge in [-0.05, 0) is 35.4 Å². The van der Waals surface area contributed by atoms with E-state index in [9.17, 15) is 14.4 Å². The van der Waals surface area contributed by atoms with E-state index in [0.717, 1.165) is 15.7 Å². The van der Waals surface area contributed by atoms with Crippen LogP contribution in [0, 0.1) is 5.41 Å². The summed E-state index contributed by atoms with van der Waals surface area (Å²) in [5, 5.41) is 0. The molecule has 184 valence electrons. The summed E-state index contributed by atoms with van der Waals surface area (Å²) in [6.07, 6.45) is 7.23. The number of anilines is 1. The van der Waals surface area contributed by atoms with Gasteiger partial charge in [-0.15, -0.1) is 0 Å². The maximum atomic E-state index is 14.5. The SMILES string of the molecule is O=C(c1ccccc1)[C@H]1[C@H](c2cccnc2)C2(C(=O)c3ccccc3C2=O)[C@@H]2C=Cc3cc(Br)ccc3N21. The molecule has 0 bridgehead atoms. The van der Waals surface area contributed by atoms with Gasteiger partial charge in [-0.1, -0.05) is 88.7 Å². The molecule has 0 N–H and O–H groups in total. The topological polar surface area (TPSA) is 67.3 Å². The minimum atomic E-state index is -1.51. The Morgan fingerprint density at radius 1 is 0.868 bits per heavy atom. The Hall–Kier alpha value is -4.16. The monoisotopic (exact) mass is 560 g/mol. The molecule has 1 fully saturated rings. The third-order valence-corrected chi connectivity index (χ3v) is 8.63. The van der Waals surface area contributed by atoms with Crippen LogP contribution in [-0.4, -0.2) is 34.4 Å². The van der Waals surface area contributed by atoms with Crippen molar-refractivity contribution in [3.8, 4) is 0 Å². The smallest absolute Gasteiger partial charge is 0.185 e. The van der Waals surface area contributed by atoms with Crippen LogP contribution < -0.4 is 4.90 Å². The average Bonchev–Trinajstić information content (AvgIpc) is 3.39. The van der Waals surface area contributed by atoms with Crippen LogP contribution in [0.5, 0.6) is 0 Å². The fourth-order valence-electron chi connectivity index (χ4n) is 6.65. The third kappa shape index (κ3) is 2.98. The van der Waals surface area contributed by atoms with Crippen LogP contribution in [0.1, 0.15) is 48.1 Å². The predicted octanol–water partition coefficient (Wildman–Crippen LogP) is 6.16. The van der Waals surface area contributed by atoms with Crippen LogP contribution in [0.4, 0.5) is 5.69 Å². The first kappa shape index (κ1) is 23.0. The number of Topliss-reactive ketones (excluding diaryl/α,β-unsaturated/α-hetero) is 3. The van der Waals surface area contributed by atoms with Gasteiger partial charge in [0.25, 0.3) is 0 Å². The molecule has 2 aliphatic heterocycles. The number of nitrogens with zero attached hydrogens (tertiary/aromatic N) is 2. The molecular weight excluding hydrogens is 540 g/mol. The Morgan fingerprint density at radius 3 is 2.26 bits per heavy atom. The van der Waals surface area contributed by atoms with Gasteiger partial charge < -0.3 is 4.90 Å². The van der Waals surface area contributed by atoms with Crippen molar-refractivity contribution >= 4 is 45.0 Å². The van der Waals surface area contributed by atoms with Crippen LogP contribution in [0.3, 0.4) is 0 Å². The van der Waals surface area contributed by atoms with Crippen LogP contribution in [0.2, 0.25) is 0 Å². The lowest BCUT2D eigenvalue weighted by molar-refractivity contribution is 0.0666. The zero-order valence-corrected chi connectivity index (χ0v) is 21.7. The number of hydrogen-bond donors (Lipinski definition) is 0. The number of hydrogen-bond acceptors (Lipinski definition) is 5. The van der Waals surface area contributed by atoms with E-state index in [2.05, 4.69) is 20.9 Å². The molecule has 0 amide bonds. The van der Waals surface area contributed by atoms with E-state index in [1.54, 1.807) is 54.9 Å². The highest BCUT2D eigenvalue weighted by atomic mass is 79.9.